The largest absolute Gasteiger partial charge is 0.478 e. The number of carbonyl (C=O) groups excluding carboxylic acids is 1. The van der Waals surface area contributed by atoms with E-state index in [0.717, 1.165) is 0 Å². The number of anilines is 1. The van der Waals surface area contributed by atoms with Gasteiger partial charge in [-0.2, -0.15) is 5.10 Å². The second-order valence-corrected chi connectivity index (χ2v) is 4.30. The van der Waals surface area contributed by atoms with Crippen LogP contribution in [0.15, 0.2) is 12.3 Å². The van der Waals surface area contributed by atoms with Crippen LogP contribution in [-0.4, -0.2) is 36.7 Å². The van der Waals surface area contributed by atoms with E-state index in [9.17, 15) is 9.59 Å². The number of nitrogens with one attached hydrogen (secondary N) is 1. The average molecular weight is 275 g/mol. The fourth-order valence-electron chi connectivity index (χ4n) is 1.76. The normalized spacial score (nSPS) is 10.3. The molecule has 0 saturated heterocycles. The first-order valence-corrected chi connectivity index (χ1v) is 5.77. The van der Waals surface area contributed by atoms with Gasteiger partial charge in [0.25, 0.3) is 5.91 Å². The lowest BCUT2D eigenvalue weighted by Crippen LogP contribution is -2.18. The predicted molar refractivity (Wildman–Crippen MR) is 69.6 cm³/mol. The van der Waals surface area contributed by atoms with Crippen LogP contribution < -0.4 is 5.32 Å². The third-order valence-electron chi connectivity index (χ3n) is 2.48. The minimum Gasteiger partial charge on any atom is -0.478 e. The van der Waals surface area contributed by atoms with Gasteiger partial charge in [0.05, 0.1) is 0 Å². The van der Waals surface area contributed by atoms with Crippen LogP contribution in [-0.2, 0) is 7.05 Å². The Morgan fingerprint density at radius 1 is 1.25 bits per heavy atom. The summed E-state index contributed by atoms with van der Waals surface area (Å²) in [4.78, 5) is 31.2. The fraction of sp³-hybridized carbons (Fsp3) is 0.250. The van der Waals surface area contributed by atoms with Gasteiger partial charge in [0.2, 0.25) is 5.95 Å². The number of carbonyl (C=O) groups is 2. The van der Waals surface area contributed by atoms with Crippen molar-refractivity contribution in [1.82, 2.24) is 19.7 Å². The number of hydrogen-bond donors (Lipinski definition) is 2. The Hall–Kier alpha value is -2.77. The van der Waals surface area contributed by atoms with Gasteiger partial charge < -0.3 is 5.11 Å². The Balaban J connectivity index is 2.30. The van der Waals surface area contributed by atoms with E-state index < -0.39 is 11.9 Å². The summed E-state index contributed by atoms with van der Waals surface area (Å²) >= 11 is 0. The van der Waals surface area contributed by atoms with Crippen LogP contribution in [0.5, 0.6) is 0 Å². The van der Waals surface area contributed by atoms with Gasteiger partial charge in [-0.1, -0.05) is 0 Å². The van der Waals surface area contributed by atoms with E-state index in [-0.39, 0.29) is 17.2 Å². The van der Waals surface area contributed by atoms with Crippen molar-refractivity contribution in [2.24, 2.45) is 7.05 Å². The summed E-state index contributed by atoms with van der Waals surface area (Å²) in [5.41, 5.74) is 1.05. The van der Waals surface area contributed by atoms with E-state index in [4.69, 9.17) is 5.11 Å². The van der Waals surface area contributed by atoms with Crippen LogP contribution in [0.25, 0.3) is 0 Å². The number of hydrogen-bond acceptors (Lipinski definition) is 5. The maximum absolute atomic E-state index is 12.0. The average Bonchev–Trinajstić information content (AvgIpc) is 2.70. The molecular weight excluding hydrogens is 262 g/mol. The Morgan fingerprint density at radius 2 is 1.85 bits per heavy atom. The van der Waals surface area contributed by atoms with Gasteiger partial charge in [-0.15, -0.1) is 0 Å². The van der Waals surface area contributed by atoms with Crippen LogP contribution in [0.4, 0.5) is 5.95 Å². The van der Waals surface area contributed by atoms with Gasteiger partial charge in [-0.3, -0.25) is 14.8 Å². The number of carboxylic acid groups (broad SMARTS) is 1. The van der Waals surface area contributed by atoms with E-state index in [2.05, 4.69) is 20.4 Å². The highest BCUT2D eigenvalue weighted by Gasteiger charge is 2.21. The van der Waals surface area contributed by atoms with Crippen molar-refractivity contribution in [3.8, 4) is 0 Å². The molecule has 2 N–H and O–H groups in total. The first-order valence-electron chi connectivity index (χ1n) is 5.77. The molecule has 0 aliphatic carbocycles. The highest BCUT2D eigenvalue weighted by Crippen LogP contribution is 2.10. The molecule has 2 aromatic heterocycles. The molecule has 1 amide bonds. The lowest BCUT2D eigenvalue weighted by molar-refractivity contribution is 0.0692. The molecule has 0 saturated carbocycles. The molecule has 2 rings (SSSR count). The van der Waals surface area contributed by atoms with Crippen molar-refractivity contribution in [3.05, 3.63) is 34.9 Å². The number of carboxylic acids is 1. The zero-order valence-electron chi connectivity index (χ0n) is 11.2. The molecule has 0 spiro atoms. The molecule has 0 radical (unpaired) electrons. The number of aromatic carboxylic acids is 1. The third-order valence-corrected chi connectivity index (χ3v) is 2.48. The standard InChI is InChI=1S/C12H13N5O3/c1-6-4-7(2)14-12(13-6)15-10(18)9-8(11(19)20)5-17(3)16-9/h4-5H,1-3H3,(H,19,20)(H,13,14,15,18). The quantitative estimate of drug-likeness (QED) is 0.856. The molecule has 0 aromatic carbocycles. The SMILES string of the molecule is Cc1cc(C)nc(NC(=O)c2nn(C)cc2C(=O)O)n1. The Kier molecular flexibility index (Phi) is 3.47. The summed E-state index contributed by atoms with van der Waals surface area (Å²) in [5.74, 6) is -1.76. The molecule has 8 heteroatoms. The molecule has 0 atom stereocenters. The first-order chi connectivity index (χ1) is 9.36. The van der Waals surface area contributed by atoms with Gasteiger partial charge in [0, 0.05) is 24.6 Å². The number of amides is 1. The molecule has 104 valence electrons. The smallest absolute Gasteiger partial charge is 0.339 e. The maximum atomic E-state index is 12.0. The summed E-state index contributed by atoms with van der Waals surface area (Å²) in [6.45, 7) is 3.54. The maximum Gasteiger partial charge on any atom is 0.339 e. The fourth-order valence-corrected chi connectivity index (χ4v) is 1.76. The lowest BCUT2D eigenvalue weighted by atomic mass is 10.2. The van der Waals surface area contributed by atoms with Gasteiger partial charge >= 0.3 is 5.97 Å². The number of rotatable bonds is 3. The monoisotopic (exact) mass is 275 g/mol. The molecule has 8 nitrogen and oxygen atoms in total. The number of nitrogens with zero attached hydrogens (tertiary/aromatic N) is 4. The molecule has 0 aliphatic heterocycles. The zero-order chi connectivity index (χ0) is 14.9. The molecule has 2 aromatic rings. The van der Waals surface area contributed by atoms with Crippen LogP contribution in [0.3, 0.4) is 0 Å². The summed E-state index contributed by atoms with van der Waals surface area (Å²) in [5, 5.41) is 15.3. The molecule has 0 fully saturated rings. The minimum absolute atomic E-state index is 0.120. The van der Waals surface area contributed by atoms with E-state index >= 15 is 0 Å². The number of aryl methyl sites for hydroxylation is 3. The molecule has 0 unspecified atom stereocenters. The molecular formula is C12H13N5O3. The van der Waals surface area contributed by atoms with Crippen molar-refractivity contribution in [2.45, 2.75) is 13.8 Å². The van der Waals surface area contributed by atoms with E-state index in [1.54, 1.807) is 19.9 Å². The highest BCUT2D eigenvalue weighted by atomic mass is 16.4. The van der Waals surface area contributed by atoms with Crippen molar-refractivity contribution < 1.29 is 14.7 Å². The Bertz CT molecular complexity index is 672. The Labute approximate surface area is 114 Å². The highest BCUT2D eigenvalue weighted by molar-refractivity contribution is 6.08. The summed E-state index contributed by atoms with van der Waals surface area (Å²) in [7, 11) is 1.54. The topological polar surface area (TPSA) is 110 Å². The van der Waals surface area contributed by atoms with E-state index in [1.807, 2.05) is 0 Å². The van der Waals surface area contributed by atoms with E-state index in [1.165, 1.54) is 17.9 Å². The van der Waals surface area contributed by atoms with Gasteiger partial charge in [-0.05, 0) is 19.9 Å². The third kappa shape index (κ3) is 2.79. The molecule has 2 heterocycles. The summed E-state index contributed by atoms with van der Waals surface area (Å²) in [6, 6.07) is 1.76. The van der Waals surface area contributed by atoms with Crippen LogP contribution in [0.1, 0.15) is 32.2 Å². The van der Waals surface area contributed by atoms with Crippen molar-refractivity contribution in [2.75, 3.05) is 5.32 Å². The summed E-state index contributed by atoms with van der Waals surface area (Å²) < 4.78 is 1.26. The van der Waals surface area contributed by atoms with Gasteiger partial charge in [0.1, 0.15) is 5.56 Å². The molecule has 20 heavy (non-hydrogen) atoms. The van der Waals surface area contributed by atoms with Crippen molar-refractivity contribution in [3.63, 3.8) is 0 Å². The Morgan fingerprint density at radius 3 is 2.40 bits per heavy atom. The van der Waals surface area contributed by atoms with Crippen molar-refractivity contribution in [1.29, 1.82) is 0 Å². The predicted octanol–water partition coefficient (Wildman–Crippen LogP) is 0.777. The van der Waals surface area contributed by atoms with Gasteiger partial charge in [0.15, 0.2) is 5.69 Å². The summed E-state index contributed by atoms with van der Waals surface area (Å²) in [6.07, 6.45) is 1.26. The lowest BCUT2D eigenvalue weighted by Gasteiger charge is -2.04. The van der Waals surface area contributed by atoms with Crippen molar-refractivity contribution >= 4 is 17.8 Å². The zero-order valence-corrected chi connectivity index (χ0v) is 11.2. The molecule has 0 bridgehead atoms. The van der Waals surface area contributed by atoms with Crippen LogP contribution in [0, 0.1) is 13.8 Å². The second-order valence-electron chi connectivity index (χ2n) is 4.30. The second kappa shape index (κ2) is 5.08. The van der Waals surface area contributed by atoms with Gasteiger partial charge in [-0.25, -0.2) is 14.8 Å². The minimum atomic E-state index is -1.22. The van der Waals surface area contributed by atoms with E-state index in [0.29, 0.717) is 11.4 Å². The van der Waals surface area contributed by atoms with Crippen LogP contribution >= 0.6 is 0 Å². The number of aromatic nitrogens is 4. The molecule has 0 aliphatic rings. The first kappa shape index (κ1) is 13.7. The van der Waals surface area contributed by atoms with Crippen LogP contribution in [0.2, 0.25) is 0 Å².